The summed E-state index contributed by atoms with van der Waals surface area (Å²) in [4.78, 5) is 31.2. The maximum absolute atomic E-state index is 11.4. The van der Waals surface area contributed by atoms with Crippen molar-refractivity contribution in [3.05, 3.63) is 0 Å². The summed E-state index contributed by atoms with van der Waals surface area (Å²) in [5.41, 5.74) is 0. The standard InChI is InChI=1S/C14H26N4O3/c1-5-15-14(16-10-11(2)13(20)21-4)18-8-6-17(7-9-18)12(3)19/h11H,5-10H2,1-4H3,(H,15,16). The number of carbonyl (C=O) groups is 2. The lowest BCUT2D eigenvalue weighted by atomic mass is 10.2. The van der Waals surface area contributed by atoms with Crippen LogP contribution in [0.1, 0.15) is 20.8 Å². The van der Waals surface area contributed by atoms with Gasteiger partial charge in [0.05, 0.1) is 19.6 Å². The monoisotopic (exact) mass is 298 g/mol. The van der Waals surface area contributed by atoms with E-state index in [0.29, 0.717) is 19.6 Å². The highest BCUT2D eigenvalue weighted by atomic mass is 16.5. The van der Waals surface area contributed by atoms with Crippen LogP contribution in [0.25, 0.3) is 0 Å². The summed E-state index contributed by atoms with van der Waals surface area (Å²) in [7, 11) is 1.38. The van der Waals surface area contributed by atoms with Gasteiger partial charge in [0.15, 0.2) is 5.96 Å². The normalized spacial score (nSPS) is 17.4. The molecule has 1 saturated heterocycles. The van der Waals surface area contributed by atoms with Crippen LogP contribution in [0.4, 0.5) is 0 Å². The number of ether oxygens (including phenoxy) is 1. The van der Waals surface area contributed by atoms with Crippen molar-refractivity contribution in [2.24, 2.45) is 10.9 Å². The lowest BCUT2D eigenvalue weighted by molar-refractivity contribution is -0.144. The van der Waals surface area contributed by atoms with Gasteiger partial charge in [0.25, 0.3) is 0 Å². The number of amides is 1. The Morgan fingerprint density at radius 1 is 1.24 bits per heavy atom. The molecule has 120 valence electrons. The molecule has 7 heteroatoms. The minimum Gasteiger partial charge on any atom is -0.469 e. The average molecular weight is 298 g/mol. The number of rotatable bonds is 4. The fourth-order valence-corrected chi connectivity index (χ4v) is 2.16. The molecule has 1 fully saturated rings. The highest BCUT2D eigenvalue weighted by Gasteiger charge is 2.21. The zero-order chi connectivity index (χ0) is 15.8. The molecule has 1 amide bonds. The van der Waals surface area contributed by atoms with Crippen LogP contribution in [0.2, 0.25) is 0 Å². The number of aliphatic imine (C=N–C) groups is 1. The average Bonchev–Trinajstić information content (AvgIpc) is 2.50. The highest BCUT2D eigenvalue weighted by molar-refractivity contribution is 5.81. The zero-order valence-corrected chi connectivity index (χ0v) is 13.4. The van der Waals surface area contributed by atoms with Crippen molar-refractivity contribution in [3.63, 3.8) is 0 Å². The van der Waals surface area contributed by atoms with Crippen molar-refractivity contribution < 1.29 is 14.3 Å². The van der Waals surface area contributed by atoms with Crippen LogP contribution in [0.3, 0.4) is 0 Å². The van der Waals surface area contributed by atoms with Crippen LogP contribution in [-0.4, -0.2) is 74.0 Å². The molecule has 1 aliphatic heterocycles. The first-order chi connectivity index (χ1) is 9.99. The molecule has 0 aliphatic carbocycles. The second-order valence-corrected chi connectivity index (χ2v) is 5.11. The quantitative estimate of drug-likeness (QED) is 0.446. The summed E-state index contributed by atoms with van der Waals surface area (Å²) in [6.45, 7) is 9.44. The molecule has 0 spiro atoms. The third-order valence-electron chi connectivity index (χ3n) is 3.48. The second kappa shape index (κ2) is 8.49. The smallest absolute Gasteiger partial charge is 0.310 e. The summed E-state index contributed by atoms with van der Waals surface area (Å²) >= 11 is 0. The highest BCUT2D eigenvalue weighted by Crippen LogP contribution is 2.04. The molecule has 1 unspecified atom stereocenters. The largest absolute Gasteiger partial charge is 0.469 e. The first-order valence-electron chi connectivity index (χ1n) is 7.36. The van der Waals surface area contributed by atoms with Gasteiger partial charge < -0.3 is 19.9 Å². The third-order valence-corrected chi connectivity index (χ3v) is 3.48. The summed E-state index contributed by atoms with van der Waals surface area (Å²) in [5, 5.41) is 3.23. The second-order valence-electron chi connectivity index (χ2n) is 5.11. The van der Waals surface area contributed by atoms with E-state index in [0.717, 1.165) is 25.6 Å². The molecule has 1 rings (SSSR count). The molecule has 1 atom stereocenters. The molecule has 0 radical (unpaired) electrons. The first kappa shape index (κ1) is 17.3. The lowest BCUT2D eigenvalue weighted by Gasteiger charge is -2.36. The minimum atomic E-state index is -0.262. The Bertz CT molecular complexity index is 390. The summed E-state index contributed by atoms with van der Waals surface area (Å²) < 4.78 is 4.70. The van der Waals surface area contributed by atoms with Gasteiger partial charge in [-0.1, -0.05) is 6.92 Å². The van der Waals surface area contributed by atoms with E-state index in [9.17, 15) is 9.59 Å². The van der Waals surface area contributed by atoms with Gasteiger partial charge in [0.2, 0.25) is 5.91 Å². The molecule has 0 saturated carbocycles. The predicted octanol–water partition coefficient (Wildman–Crippen LogP) is -0.0749. The van der Waals surface area contributed by atoms with Gasteiger partial charge >= 0.3 is 5.97 Å². The van der Waals surface area contributed by atoms with Gasteiger partial charge in [-0.05, 0) is 6.92 Å². The van der Waals surface area contributed by atoms with Gasteiger partial charge in [0.1, 0.15) is 0 Å². The van der Waals surface area contributed by atoms with E-state index in [1.807, 2.05) is 11.8 Å². The predicted molar refractivity (Wildman–Crippen MR) is 81.0 cm³/mol. The number of piperazine rings is 1. The van der Waals surface area contributed by atoms with Gasteiger partial charge in [-0.2, -0.15) is 0 Å². The molecule has 1 heterocycles. The topological polar surface area (TPSA) is 74.2 Å². The van der Waals surface area contributed by atoms with Crippen molar-refractivity contribution in [1.82, 2.24) is 15.1 Å². The van der Waals surface area contributed by atoms with Crippen molar-refractivity contribution in [1.29, 1.82) is 0 Å². The van der Waals surface area contributed by atoms with E-state index in [-0.39, 0.29) is 17.8 Å². The van der Waals surface area contributed by atoms with Crippen molar-refractivity contribution in [3.8, 4) is 0 Å². The summed E-state index contributed by atoms with van der Waals surface area (Å²) in [6, 6.07) is 0. The Balaban J connectivity index is 2.61. The molecular formula is C14H26N4O3. The Hall–Kier alpha value is -1.79. The van der Waals surface area contributed by atoms with E-state index in [1.165, 1.54) is 7.11 Å². The Morgan fingerprint density at radius 2 is 1.81 bits per heavy atom. The fraction of sp³-hybridized carbons (Fsp3) is 0.786. The van der Waals surface area contributed by atoms with Crippen LogP contribution < -0.4 is 5.32 Å². The molecule has 0 bridgehead atoms. The van der Waals surface area contributed by atoms with Crippen LogP contribution in [0.5, 0.6) is 0 Å². The van der Waals surface area contributed by atoms with Crippen molar-refractivity contribution in [2.75, 3.05) is 46.4 Å². The van der Waals surface area contributed by atoms with Gasteiger partial charge in [-0.3, -0.25) is 14.6 Å². The van der Waals surface area contributed by atoms with E-state index < -0.39 is 0 Å². The lowest BCUT2D eigenvalue weighted by Crippen LogP contribution is -2.53. The van der Waals surface area contributed by atoms with Gasteiger partial charge in [-0.25, -0.2) is 0 Å². The van der Waals surface area contributed by atoms with Crippen LogP contribution in [-0.2, 0) is 14.3 Å². The number of nitrogens with zero attached hydrogens (tertiary/aromatic N) is 3. The third kappa shape index (κ3) is 5.24. The summed E-state index contributed by atoms with van der Waals surface area (Å²) in [6.07, 6.45) is 0. The van der Waals surface area contributed by atoms with Crippen molar-refractivity contribution >= 4 is 17.8 Å². The molecule has 7 nitrogen and oxygen atoms in total. The SMILES string of the molecule is CCNC(=NCC(C)C(=O)OC)N1CCN(C(C)=O)CC1. The molecule has 0 aromatic rings. The number of nitrogens with one attached hydrogen (secondary N) is 1. The maximum Gasteiger partial charge on any atom is 0.310 e. The first-order valence-corrected chi connectivity index (χ1v) is 7.36. The molecular weight excluding hydrogens is 272 g/mol. The number of carbonyl (C=O) groups excluding carboxylic acids is 2. The molecule has 1 aliphatic rings. The van der Waals surface area contributed by atoms with E-state index in [4.69, 9.17) is 4.74 Å². The van der Waals surface area contributed by atoms with Crippen LogP contribution in [0, 0.1) is 5.92 Å². The number of hydrogen-bond donors (Lipinski definition) is 1. The Kier molecular flexibility index (Phi) is 6.98. The van der Waals surface area contributed by atoms with Crippen LogP contribution in [0.15, 0.2) is 4.99 Å². The number of esters is 1. The van der Waals surface area contributed by atoms with Gasteiger partial charge in [0, 0.05) is 39.6 Å². The fourth-order valence-electron chi connectivity index (χ4n) is 2.16. The number of methoxy groups -OCH3 is 1. The number of hydrogen-bond acceptors (Lipinski definition) is 4. The number of guanidine groups is 1. The maximum atomic E-state index is 11.4. The molecule has 1 N–H and O–H groups in total. The Morgan fingerprint density at radius 3 is 2.29 bits per heavy atom. The zero-order valence-electron chi connectivity index (χ0n) is 13.4. The summed E-state index contributed by atoms with van der Waals surface area (Å²) in [5.74, 6) is 0.380. The van der Waals surface area contributed by atoms with E-state index in [2.05, 4.69) is 15.2 Å². The minimum absolute atomic E-state index is 0.107. The van der Waals surface area contributed by atoms with E-state index in [1.54, 1.807) is 13.8 Å². The molecule has 0 aromatic heterocycles. The Labute approximate surface area is 126 Å². The van der Waals surface area contributed by atoms with Crippen molar-refractivity contribution in [2.45, 2.75) is 20.8 Å². The molecule has 21 heavy (non-hydrogen) atoms. The molecule has 0 aromatic carbocycles. The van der Waals surface area contributed by atoms with Crippen LogP contribution >= 0.6 is 0 Å². The van der Waals surface area contributed by atoms with Gasteiger partial charge in [-0.15, -0.1) is 0 Å². The van der Waals surface area contributed by atoms with E-state index >= 15 is 0 Å².